The number of unbranched alkanes of at least 4 members (excludes halogenated alkanes) is 28. The predicted octanol–water partition coefficient (Wildman–Crippen LogP) is 11.6. The van der Waals surface area contributed by atoms with Crippen LogP contribution in [0, 0.1) is 0 Å². The summed E-state index contributed by atoms with van der Waals surface area (Å²) in [5.74, 6) is -0.809. The summed E-state index contributed by atoms with van der Waals surface area (Å²) in [5.41, 5.74) is 0. The minimum absolute atomic E-state index is 0. The molecule has 0 saturated heterocycles. The van der Waals surface area contributed by atoms with Crippen LogP contribution in [0.4, 0.5) is 0 Å². The Balaban J connectivity index is 0. The molecule has 0 aliphatic heterocycles. The quantitative estimate of drug-likeness (QED) is 0.0545. The van der Waals surface area contributed by atoms with Crippen molar-refractivity contribution < 1.29 is 19.5 Å². The molecule has 0 saturated carbocycles. The van der Waals surface area contributed by atoms with E-state index in [2.05, 4.69) is 24.5 Å². The second-order valence-electron chi connectivity index (χ2n) is 14.8. The van der Waals surface area contributed by atoms with Gasteiger partial charge in [-0.2, -0.15) is 0 Å². The van der Waals surface area contributed by atoms with E-state index in [1.807, 2.05) is 0 Å². The molecule has 0 rings (SSSR count). The molecule has 0 atom stereocenters. The third kappa shape index (κ3) is 41.1. The molecule has 298 valence electrons. The van der Waals surface area contributed by atoms with Crippen LogP contribution < -0.4 is 10.6 Å². The van der Waals surface area contributed by atoms with Crippen LogP contribution in [0.3, 0.4) is 0 Å². The molecule has 0 bridgehead atoms. The lowest BCUT2D eigenvalue weighted by Gasteiger charge is -2.20. The fourth-order valence-electron chi connectivity index (χ4n) is 6.66. The van der Waals surface area contributed by atoms with E-state index in [0.717, 1.165) is 25.7 Å². The fourth-order valence-corrected chi connectivity index (χ4v) is 6.66. The fraction of sp³-hybridized carbons (Fsp3) is 0.929. The van der Waals surface area contributed by atoms with Crippen molar-refractivity contribution in [1.29, 1.82) is 0 Å². The third-order valence-electron chi connectivity index (χ3n) is 9.87. The van der Waals surface area contributed by atoms with Crippen LogP contribution in [0.25, 0.3) is 0 Å². The number of halogens is 1. The monoisotopic (exact) mass is 730 g/mol. The van der Waals surface area contributed by atoms with Crippen molar-refractivity contribution in [3.8, 4) is 0 Å². The molecule has 0 aromatic carbocycles. The Hall–Kier alpha value is -1.34. The minimum Gasteiger partial charge on any atom is -0.480 e. The van der Waals surface area contributed by atoms with E-state index in [0.29, 0.717) is 39.0 Å². The number of nitrogens with one attached hydrogen (secondary N) is 2. The van der Waals surface area contributed by atoms with Crippen LogP contribution >= 0.6 is 12.4 Å². The van der Waals surface area contributed by atoms with E-state index < -0.39 is 5.97 Å². The van der Waals surface area contributed by atoms with Gasteiger partial charge in [-0.15, -0.1) is 12.4 Å². The van der Waals surface area contributed by atoms with Gasteiger partial charge in [0.1, 0.15) is 0 Å². The van der Waals surface area contributed by atoms with E-state index in [1.165, 1.54) is 167 Å². The lowest BCUT2D eigenvalue weighted by molar-refractivity contribution is -0.138. The first kappa shape index (κ1) is 50.8. The Morgan fingerprint density at radius 2 is 0.660 bits per heavy atom. The van der Waals surface area contributed by atoms with Crippen molar-refractivity contribution in [1.82, 2.24) is 15.5 Å². The number of amides is 2. The maximum Gasteiger partial charge on any atom is 0.317 e. The maximum absolute atomic E-state index is 12.3. The third-order valence-corrected chi connectivity index (χ3v) is 9.87. The maximum atomic E-state index is 12.3. The number of carboxylic acid groups (broad SMARTS) is 1. The van der Waals surface area contributed by atoms with Crippen molar-refractivity contribution in [3.63, 3.8) is 0 Å². The number of hydrogen-bond donors (Lipinski definition) is 3. The summed E-state index contributed by atoms with van der Waals surface area (Å²) >= 11 is 0. The Kier molecular flexibility index (Phi) is 42.7. The highest BCUT2D eigenvalue weighted by Gasteiger charge is 2.11. The largest absolute Gasteiger partial charge is 0.480 e. The number of hydrogen-bond acceptors (Lipinski definition) is 4. The molecule has 2 amide bonds. The Morgan fingerprint density at radius 3 is 0.900 bits per heavy atom. The van der Waals surface area contributed by atoms with Crippen LogP contribution in [0.1, 0.15) is 219 Å². The Morgan fingerprint density at radius 1 is 0.420 bits per heavy atom. The van der Waals surface area contributed by atoms with Crippen molar-refractivity contribution in [2.24, 2.45) is 0 Å². The summed E-state index contributed by atoms with van der Waals surface area (Å²) < 4.78 is 0. The second-order valence-corrected chi connectivity index (χ2v) is 14.8. The van der Waals surface area contributed by atoms with Gasteiger partial charge >= 0.3 is 5.97 Å². The van der Waals surface area contributed by atoms with Crippen molar-refractivity contribution >= 4 is 30.2 Å². The standard InChI is InChI=1S/C42H83N3O4.ClH/c1-3-5-7-9-11-13-15-17-19-21-23-25-27-29-31-33-40(46)43-35-37-45(39-42(48)49)38-36-44-41(47)34-32-30-28-26-24-22-20-18-16-14-12-10-8-6-4-2;/h3-39H2,1-2H3,(H,43,46)(H,44,47)(H,48,49);1H. The first-order chi connectivity index (χ1) is 24.0. The molecule has 0 radical (unpaired) electrons. The van der Waals surface area contributed by atoms with Gasteiger partial charge in [0.15, 0.2) is 0 Å². The first-order valence-electron chi connectivity index (χ1n) is 21.5. The van der Waals surface area contributed by atoms with Gasteiger partial charge < -0.3 is 15.7 Å². The number of carboxylic acids is 1. The van der Waals surface area contributed by atoms with E-state index >= 15 is 0 Å². The van der Waals surface area contributed by atoms with Gasteiger partial charge in [0.2, 0.25) is 11.8 Å². The zero-order chi connectivity index (χ0) is 35.9. The number of rotatable bonds is 40. The van der Waals surface area contributed by atoms with Gasteiger partial charge in [-0.1, -0.05) is 194 Å². The summed E-state index contributed by atoms with van der Waals surface area (Å²) in [4.78, 5) is 37.6. The average molecular weight is 731 g/mol. The highest BCUT2D eigenvalue weighted by atomic mass is 35.5. The van der Waals surface area contributed by atoms with Crippen molar-refractivity contribution in [3.05, 3.63) is 0 Å². The lowest BCUT2D eigenvalue weighted by Crippen LogP contribution is -2.41. The average Bonchev–Trinajstić information content (AvgIpc) is 3.08. The van der Waals surface area contributed by atoms with Gasteiger partial charge in [-0.3, -0.25) is 19.3 Å². The van der Waals surface area contributed by atoms with Gasteiger partial charge in [0.05, 0.1) is 6.54 Å². The summed E-state index contributed by atoms with van der Waals surface area (Å²) in [6.45, 7) is 6.23. The molecule has 7 nitrogen and oxygen atoms in total. The minimum atomic E-state index is -0.895. The van der Waals surface area contributed by atoms with Gasteiger partial charge in [-0.25, -0.2) is 0 Å². The van der Waals surface area contributed by atoms with Crippen molar-refractivity contribution in [2.75, 3.05) is 32.7 Å². The van der Waals surface area contributed by atoms with E-state index in [9.17, 15) is 19.5 Å². The Labute approximate surface area is 316 Å². The molecule has 0 unspecified atom stereocenters. The normalized spacial score (nSPS) is 11.1. The molecule has 3 N–H and O–H groups in total. The van der Waals surface area contributed by atoms with Crippen LogP contribution in [-0.2, 0) is 14.4 Å². The van der Waals surface area contributed by atoms with E-state index in [4.69, 9.17) is 0 Å². The Bertz CT molecular complexity index is 688. The molecule has 8 heteroatoms. The van der Waals surface area contributed by atoms with Crippen LogP contribution in [-0.4, -0.2) is 60.5 Å². The lowest BCUT2D eigenvalue weighted by atomic mass is 10.0. The molecule has 0 aromatic rings. The molecular weight excluding hydrogens is 646 g/mol. The van der Waals surface area contributed by atoms with Gasteiger partial charge in [0, 0.05) is 39.0 Å². The highest BCUT2D eigenvalue weighted by molar-refractivity contribution is 5.85. The van der Waals surface area contributed by atoms with E-state index in [1.54, 1.807) is 4.90 Å². The summed E-state index contributed by atoms with van der Waals surface area (Å²) in [6.07, 6.45) is 40.3. The summed E-state index contributed by atoms with van der Waals surface area (Å²) in [5, 5.41) is 15.2. The molecular formula is C42H84ClN3O4. The summed E-state index contributed by atoms with van der Waals surface area (Å²) in [7, 11) is 0. The van der Waals surface area contributed by atoms with Gasteiger partial charge in [0.25, 0.3) is 0 Å². The molecule has 0 aliphatic carbocycles. The molecule has 0 spiro atoms. The molecule has 50 heavy (non-hydrogen) atoms. The summed E-state index contributed by atoms with van der Waals surface area (Å²) in [6, 6.07) is 0. The predicted molar refractivity (Wildman–Crippen MR) is 216 cm³/mol. The van der Waals surface area contributed by atoms with Crippen LogP contribution in [0.5, 0.6) is 0 Å². The topological polar surface area (TPSA) is 98.7 Å². The SMILES string of the molecule is CCCCCCCCCCCCCCCCCC(=O)NCCN(CCNC(=O)CCCCCCCCCCCCCCCCC)CC(=O)O.Cl. The zero-order valence-corrected chi connectivity index (χ0v) is 34.0. The molecule has 0 fully saturated rings. The van der Waals surface area contributed by atoms with Crippen LogP contribution in [0.2, 0.25) is 0 Å². The molecule has 0 aromatic heterocycles. The highest BCUT2D eigenvalue weighted by Crippen LogP contribution is 2.15. The van der Waals surface area contributed by atoms with Crippen LogP contribution in [0.15, 0.2) is 0 Å². The number of aliphatic carboxylic acids is 1. The molecule has 0 aliphatic rings. The number of carbonyl (C=O) groups excluding carboxylic acids is 2. The number of carbonyl (C=O) groups is 3. The molecule has 0 heterocycles. The van der Waals surface area contributed by atoms with Gasteiger partial charge in [-0.05, 0) is 12.8 Å². The smallest absolute Gasteiger partial charge is 0.317 e. The first-order valence-corrected chi connectivity index (χ1v) is 21.5. The second kappa shape index (κ2) is 42.1. The number of nitrogens with zero attached hydrogens (tertiary/aromatic N) is 1. The zero-order valence-electron chi connectivity index (χ0n) is 33.2. The van der Waals surface area contributed by atoms with Crippen molar-refractivity contribution in [2.45, 2.75) is 219 Å². The van der Waals surface area contributed by atoms with E-state index in [-0.39, 0.29) is 30.8 Å².